The largest absolute Gasteiger partial charge is 0.373 e. The zero-order valence-corrected chi connectivity index (χ0v) is 9.94. The van der Waals surface area contributed by atoms with E-state index in [0.717, 1.165) is 25.9 Å². The van der Waals surface area contributed by atoms with Crippen molar-refractivity contribution in [2.45, 2.75) is 43.7 Å². The molecular weight excluding hydrogens is 206 g/mol. The molecule has 1 spiro atoms. The molecule has 2 aliphatic heterocycles. The summed E-state index contributed by atoms with van der Waals surface area (Å²) in [5.41, 5.74) is 9.40. The minimum atomic E-state index is 0.213. The van der Waals surface area contributed by atoms with Crippen molar-refractivity contribution >= 4 is 11.8 Å². The first kappa shape index (κ1) is 10.2. The third-order valence-corrected chi connectivity index (χ3v) is 5.15. The number of hydrogen-bond acceptors (Lipinski definition) is 3. The van der Waals surface area contributed by atoms with Crippen LogP contribution in [-0.4, -0.2) is 29.8 Å². The van der Waals surface area contributed by atoms with Crippen molar-refractivity contribution in [3.63, 3.8) is 0 Å². The molecule has 3 rings (SSSR count). The Labute approximate surface area is 95.6 Å². The highest BCUT2D eigenvalue weighted by molar-refractivity contribution is 7.99. The normalized spacial score (nSPS) is 41.0. The molecule has 2 heterocycles. The van der Waals surface area contributed by atoms with Crippen LogP contribution in [0.1, 0.15) is 32.1 Å². The summed E-state index contributed by atoms with van der Waals surface area (Å²) in [5, 5.41) is 0. The zero-order valence-electron chi connectivity index (χ0n) is 9.13. The summed E-state index contributed by atoms with van der Waals surface area (Å²) in [4.78, 5) is 0. The van der Waals surface area contributed by atoms with Crippen LogP contribution in [0, 0.1) is 0 Å². The molecular formula is C12H19NOS. The molecule has 0 amide bonds. The van der Waals surface area contributed by atoms with E-state index < -0.39 is 0 Å². The minimum Gasteiger partial charge on any atom is -0.373 e. The molecule has 15 heavy (non-hydrogen) atoms. The summed E-state index contributed by atoms with van der Waals surface area (Å²) >= 11 is 2.05. The Balaban J connectivity index is 1.74. The van der Waals surface area contributed by atoms with E-state index >= 15 is 0 Å². The molecule has 1 unspecified atom stereocenters. The molecule has 0 aromatic rings. The van der Waals surface area contributed by atoms with Gasteiger partial charge >= 0.3 is 0 Å². The van der Waals surface area contributed by atoms with Gasteiger partial charge < -0.3 is 10.5 Å². The average Bonchev–Trinajstić information content (AvgIpc) is 2.62. The standard InChI is InChI=1S/C12H19NOS/c13-11-5-10(6-11)9-1-3-14-12(7-9)2-4-15-8-12/h11H,1-8,13H2. The van der Waals surface area contributed by atoms with Crippen LogP contribution < -0.4 is 5.73 Å². The molecule has 84 valence electrons. The van der Waals surface area contributed by atoms with E-state index in [9.17, 15) is 0 Å². The second kappa shape index (κ2) is 3.79. The van der Waals surface area contributed by atoms with Gasteiger partial charge in [0.25, 0.3) is 0 Å². The Morgan fingerprint density at radius 2 is 2.20 bits per heavy atom. The second-order valence-electron chi connectivity index (χ2n) is 5.14. The van der Waals surface area contributed by atoms with Crippen molar-refractivity contribution in [1.29, 1.82) is 0 Å². The lowest BCUT2D eigenvalue weighted by molar-refractivity contribution is -0.0421. The summed E-state index contributed by atoms with van der Waals surface area (Å²) in [6.45, 7) is 0.939. The molecule has 0 aromatic carbocycles. The first-order chi connectivity index (χ1) is 7.27. The molecule has 0 bridgehead atoms. The first-order valence-electron chi connectivity index (χ1n) is 5.94. The predicted octanol–water partition coefficient (Wildman–Crippen LogP) is 2.09. The summed E-state index contributed by atoms with van der Waals surface area (Å²) in [5.74, 6) is 2.48. The Bertz CT molecular complexity index is 286. The van der Waals surface area contributed by atoms with Crippen molar-refractivity contribution in [2.24, 2.45) is 5.73 Å². The van der Waals surface area contributed by atoms with Gasteiger partial charge in [0, 0.05) is 11.8 Å². The molecule has 1 saturated carbocycles. The van der Waals surface area contributed by atoms with Crippen molar-refractivity contribution < 1.29 is 4.74 Å². The maximum atomic E-state index is 6.02. The van der Waals surface area contributed by atoms with Crippen molar-refractivity contribution in [1.82, 2.24) is 0 Å². The number of rotatable bonds is 0. The van der Waals surface area contributed by atoms with Crippen LogP contribution in [0.2, 0.25) is 0 Å². The maximum Gasteiger partial charge on any atom is 0.0817 e. The lowest BCUT2D eigenvalue weighted by Gasteiger charge is -2.38. The van der Waals surface area contributed by atoms with Gasteiger partial charge in [-0.3, -0.25) is 0 Å². The van der Waals surface area contributed by atoms with Crippen LogP contribution >= 0.6 is 11.8 Å². The predicted molar refractivity (Wildman–Crippen MR) is 64.1 cm³/mol. The smallest absolute Gasteiger partial charge is 0.0817 e. The molecule has 2 saturated heterocycles. The molecule has 3 heteroatoms. The van der Waals surface area contributed by atoms with E-state index in [1.54, 1.807) is 11.1 Å². The summed E-state index contributed by atoms with van der Waals surface area (Å²) in [6, 6.07) is 0.448. The molecule has 0 radical (unpaired) electrons. The van der Waals surface area contributed by atoms with E-state index in [4.69, 9.17) is 10.5 Å². The van der Waals surface area contributed by atoms with E-state index in [1.807, 2.05) is 11.8 Å². The van der Waals surface area contributed by atoms with Crippen molar-refractivity contribution in [2.75, 3.05) is 18.1 Å². The third-order valence-electron chi connectivity index (χ3n) is 3.93. The van der Waals surface area contributed by atoms with Gasteiger partial charge in [-0.1, -0.05) is 11.1 Å². The van der Waals surface area contributed by atoms with Gasteiger partial charge in [-0.15, -0.1) is 0 Å². The number of thioether (sulfide) groups is 1. The molecule has 2 nitrogen and oxygen atoms in total. The maximum absolute atomic E-state index is 6.02. The monoisotopic (exact) mass is 225 g/mol. The first-order valence-corrected chi connectivity index (χ1v) is 7.10. The molecule has 2 N–H and O–H groups in total. The summed E-state index contributed by atoms with van der Waals surface area (Å²) < 4.78 is 6.02. The van der Waals surface area contributed by atoms with Crippen LogP contribution in [0.25, 0.3) is 0 Å². The minimum absolute atomic E-state index is 0.213. The topological polar surface area (TPSA) is 35.2 Å². The molecule has 0 aromatic heterocycles. The van der Waals surface area contributed by atoms with Crippen LogP contribution in [0.3, 0.4) is 0 Å². The van der Waals surface area contributed by atoms with Crippen molar-refractivity contribution in [3.05, 3.63) is 11.1 Å². The Hall–Kier alpha value is 0.01000. The van der Waals surface area contributed by atoms with Crippen LogP contribution in [0.15, 0.2) is 11.1 Å². The fraction of sp³-hybridized carbons (Fsp3) is 0.833. The highest BCUT2D eigenvalue weighted by atomic mass is 32.2. The number of hydrogen-bond donors (Lipinski definition) is 1. The lowest BCUT2D eigenvalue weighted by atomic mass is 9.78. The van der Waals surface area contributed by atoms with Crippen LogP contribution in [0.5, 0.6) is 0 Å². The highest BCUT2D eigenvalue weighted by Gasteiger charge is 2.39. The molecule has 1 aliphatic carbocycles. The van der Waals surface area contributed by atoms with E-state index in [0.29, 0.717) is 6.04 Å². The molecule has 3 aliphatic rings. The Kier molecular flexibility index (Phi) is 2.57. The van der Waals surface area contributed by atoms with E-state index in [1.165, 1.54) is 24.3 Å². The van der Waals surface area contributed by atoms with Crippen LogP contribution in [-0.2, 0) is 4.74 Å². The van der Waals surface area contributed by atoms with E-state index in [-0.39, 0.29) is 5.60 Å². The van der Waals surface area contributed by atoms with Gasteiger partial charge in [-0.2, -0.15) is 11.8 Å². The van der Waals surface area contributed by atoms with E-state index in [2.05, 4.69) is 0 Å². The Morgan fingerprint density at radius 1 is 1.33 bits per heavy atom. The third kappa shape index (κ3) is 1.85. The zero-order chi connectivity index (χ0) is 10.3. The fourth-order valence-electron chi connectivity index (χ4n) is 2.92. The second-order valence-corrected chi connectivity index (χ2v) is 6.24. The lowest BCUT2D eigenvalue weighted by Crippen LogP contribution is -2.39. The van der Waals surface area contributed by atoms with Gasteiger partial charge in [0.1, 0.15) is 0 Å². The van der Waals surface area contributed by atoms with Gasteiger partial charge in [0.05, 0.1) is 12.2 Å². The van der Waals surface area contributed by atoms with Gasteiger partial charge in [0.15, 0.2) is 0 Å². The van der Waals surface area contributed by atoms with Crippen LogP contribution in [0.4, 0.5) is 0 Å². The van der Waals surface area contributed by atoms with Gasteiger partial charge in [-0.05, 0) is 37.9 Å². The quantitative estimate of drug-likeness (QED) is 0.641. The number of ether oxygens (including phenoxy) is 1. The average molecular weight is 225 g/mol. The molecule has 3 fully saturated rings. The molecule has 1 atom stereocenters. The van der Waals surface area contributed by atoms with Gasteiger partial charge in [-0.25, -0.2) is 0 Å². The van der Waals surface area contributed by atoms with Gasteiger partial charge in [0.2, 0.25) is 0 Å². The number of nitrogens with two attached hydrogens (primary N) is 1. The summed E-state index contributed by atoms with van der Waals surface area (Å²) in [6.07, 6.45) is 5.91. The highest BCUT2D eigenvalue weighted by Crippen LogP contribution is 2.43. The SMILES string of the molecule is NC1CC(=C2CCOC3(CCSC3)C2)C1. The fourth-order valence-corrected chi connectivity index (χ4v) is 4.29. The summed E-state index contributed by atoms with van der Waals surface area (Å²) in [7, 11) is 0. The van der Waals surface area contributed by atoms with Crippen molar-refractivity contribution in [3.8, 4) is 0 Å². The Morgan fingerprint density at radius 3 is 2.87 bits per heavy atom.